The molecule has 1 saturated carbocycles. The molecule has 0 radical (unpaired) electrons. The van der Waals surface area contributed by atoms with Crippen LogP contribution < -0.4 is 4.74 Å². The minimum Gasteiger partial charge on any atom is -0.490 e. The van der Waals surface area contributed by atoms with Gasteiger partial charge in [-0.25, -0.2) is 4.39 Å². The van der Waals surface area contributed by atoms with Gasteiger partial charge in [-0.05, 0) is 61.4 Å². The predicted molar refractivity (Wildman–Crippen MR) is 97.7 cm³/mol. The lowest BCUT2D eigenvalue weighted by atomic mass is 9.97. The first-order valence-electron chi connectivity index (χ1n) is 8.63. The molecule has 0 spiro atoms. The number of hydrogen-bond donors (Lipinski definition) is 0. The Bertz CT molecular complexity index is 690. The van der Waals surface area contributed by atoms with Crippen LogP contribution in [-0.2, 0) is 0 Å². The second-order valence-electron chi connectivity index (χ2n) is 6.42. The zero-order chi connectivity index (χ0) is 16.4. The maximum Gasteiger partial charge on any atom is 0.148 e. The minimum atomic E-state index is -0.224. The number of fused-ring (bicyclic) bond motifs is 1. The van der Waals surface area contributed by atoms with E-state index < -0.39 is 0 Å². The monoisotopic (exact) mass is 344 g/mol. The van der Waals surface area contributed by atoms with E-state index in [0.29, 0.717) is 6.10 Å². The van der Waals surface area contributed by atoms with E-state index in [1.807, 2.05) is 29.2 Å². The zero-order valence-corrected chi connectivity index (χ0v) is 14.4. The van der Waals surface area contributed by atoms with E-state index in [4.69, 9.17) is 4.74 Å². The summed E-state index contributed by atoms with van der Waals surface area (Å²) < 4.78 is 24.5. The summed E-state index contributed by atoms with van der Waals surface area (Å²) >= 11 is 1.54. The van der Waals surface area contributed by atoms with Crippen molar-refractivity contribution >= 4 is 23.4 Å². The lowest BCUT2D eigenvalue weighted by molar-refractivity contribution is 0.155. The molecule has 1 aromatic carbocycles. The number of ether oxygens (including phenoxy) is 1. The summed E-state index contributed by atoms with van der Waals surface area (Å²) in [5, 5.41) is 0. The summed E-state index contributed by atoms with van der Waals surface area (Å²) in [6.07, 6.45) is 9.57. The first kappa shape index (κ1) is 15.8. The fourth-order valence-corrected chi connectivity index (χ4v) is 4.12. The van der Waals surface area contributed by atoms with Crippen LogP contribution in [0.4, 0.5) is 4.39 Å². The quantitative estimate of drug-likeness (QED) is 0.724. The molecule has 1 fully saturated rings. The Labute approximate surface area is 146 Å². The summed E-state index contributed by atoms with van der Waals surface area (Å²) in [5.41, 5.74) is 1.81. The predicted octanol–water partition coefficient (Wildman–Crippen LogP) is 4.97. The maximum absolute atomic E-state index is 13.9. The number of benzene rings is 1. The molecular weight excluding hydrogens is 323 g/mol. The molecule has 5 heteroatoms. The average molecular weight is 344 g/mol. The van der Waals surface area contributed by atoms with Crippen LogP contribution in [0.25, 0.3) is 5.57 Å². The van der Waals surface area contributed by atoms with E-state index in [1.54, 1.807) is 6.08 Å². The van der Waals surface area contributed by atoms with Gasteiger partial charge in [0.2, 0.25) is 0 Å². The Morgan fingerprint density at radius 3 is 2.71 bits per heavy atom. The third-order valence-corrected chi connectivity index (χ3v) is 5.34. The summed E-state index contributed by atoms with van der Waals surface area (Å²) in [6, 6.07) is 7.98. The van der Waals surface area contributed by atoms with Gasteiger partial charge in [-0.1, -0.05) is 18.6 Å². The Morgan fingerprint density at radius 1 is 1.12 bits per heavy atom. The van der Waals surface area contributed by atoms with E-state index in [-0.39, 0.29) is 5.83 Å². The number of amidine groups is 1. The number of nitrogens with zero attached hydrogens (tertiary/aromatic N) is 2. The fourth-order valence-electron chi connectivity index (χ4n) is 3.42. The van der Waals surface area contributed by atoms with Crippen molar-refractivity contribution in [3.63, 3.8) is 0 Å². The van der Waals surface area contributed by atoms with Gasteiger partial charge in [-0.15, -0.1) is 0 Å². The van der Waals surface area contributed by atoms with Crippen LogP contribution in [0, 0.1) is 0 Å². The average Bonchev–Trinajstić information content (AvgIpc) is 2.62. The molecule has 0 amide bonds. The molecule has 126 valence electrons. The second kappa shape index (κ2) is 7.01. The topological polar surface area (TPSA) is 24.8 Å². The van der Waals surface area contributed by atoms with E-state index >= 15 is 0 Å². The number of allylic oxidation sites excluding steroid dienone is 2. The largest absolute Gasteiger partial charge is 0.490 e. The van der Waals surface area contributed by atoms with Gasteiger partial charge in [-0.3, -0.25) is 0 Å². The lowest BCUT2D eigenvalue weighted by Crippen LogP contribution is -2.33. The fraction of sp³-hybridized carbons (Fsp3) is 0.421. The minimum absolute atomic E-state index is 0.224. The van der Waals surface area contributed by atoms with Crippen molar-refractivity contribution in [3.8, 4) is 5.75 Å². The smallest absolute Gasteiger partial charge is 0.148 e. The van der Waals surface area contributed by atoms with E-state index in [0.717, 1.165) is 47.9 Å². The van der Waals surface area contributed by atoms with Crippen molar-refractivity contribution in [2.75, 3.05) is 12.3 Å². The van der Waals surface area contributed by atoms with E-state index in [9.17, 15) is 4.39 Å². The van der Waals surface area contributed by atoms with Crippen LogP contribution in [0.1, 0.15) is 37.7 Å². The van der Waals surface area contributed by atoms with Crippen LogP contribution in [0.15, 0.2) is 46.8 Å². The van der Waals surface area contributed by atoms with Crippen molar-refractivity contribution in [2.45, 2.75) is 38.2 Å². The Hall–Kier alpha value is -1.75. The van der Waals surface area contributed by atoms with Gasteiger partial charge >= 0.3 is 0 Å². The Morgan fingerprint density at radius 2 is 1.92 bits per heavy atom. The van der Waals surface area contributed by atoms with Crippen LogP contribution >= 0.6 is 11.9 Å². The first-order chi connectivity index (χ1) is 11.8. The maximum atomic E-state index is 13.9. The van der Waals surface area contributed by atoms with Crippen molar-refractivity contribution in [3.05, 3.63) is 47.9 Å². The van der Waals surface area contributed by atoms with E-state index in [1.165, 1.54) is 37.4 Å². The molecule has 3 aliphatic rings. The molecule has 3 nitrogen and oxygen atoms in total. The first-order valence-corrected chi connectivity index (χ1v) is 9.57. The van der Waals surface area contributed by atoms with Crippen molar-refractivity contribution in [1.29, 1.82) is 0 Å². The summed E-state index contributed by atoms with van der Waals surface area (Å²) in [5.74, 6) is 2.40. The van der Waals surface area contributed by atoms with Crippen LogP contribution in [0.3, 0.4) is 0 Å². The van der Waals surface area contributed by atoms with Gasteiger partial charge in [-0.2, -0.15) is 4.40 Å². The molecule has 1 aliphatic carbocycles. The molecule has 24 heavy (non-hydrogen) atoms. The van der Waals surface area contributed by atoms with Crippen LogP contribution in [0.2, 0.25) is 0 Å². The van der Waals surface area contributed by atoms with Gasteiger partial charge in [0.1, 0.15) is 17.4 Å². The highest BCUT2D eigenvalue weighted by Gasteiger charge is 2.24. The molecule has 4 rings (SSSR count). The van der Waals surface area contributed by atoms with Gasteiger partial charge in [0.25, 0.3) is 0 Å². The van der Waals surface area contributed by atoms with Gasteiger partial charge in [0.15, 0.2) is 0 Å². The molecule has 0 aromatic heterocycles. The van der Waals surface area contributed by atoms with Crippen molar-refractivity contribution in [2.24, 2.45) is 4.40 Å². The molecule has 0 unspecified atom stereocenters. The standard InChI is InChI=1S/C19H21FN2OS/c20-15-12-18(19-21-24-11-10-22(19)13-15)14-6-8-17(9-7-14)23-16-4-2-1-3-5-16/h6-9,12-13,16H,1-5,10-11H2. The Kier molecular flexibility index (Phi) is 4.60. The third kappa shape index (κ3) is 3.36. The number of halogens is 1. The summed E-state index contributed by atoms with van der Waals surface area (Å²) in [7, 11) is 0. The molecule has 0 N–H and O–H groups in total. The molecule has 0 bridgehead atoms. The normalized spacial score (nSPS) is 21.5. The molecule has 0 atom stereocenters. The molecule has 0 saturated heterocycles. The second-order valence-corrected chi connectivity index (χ2v) is 7.26. The van der Waals surface area contributed by atoms with E-state index in [2.05, 4.69) is 4.40 Å². The van der Waals surface area contributed by atoms with Gasteiger partial charge < -0.3 is 9.64 Å². The highest BCUT2D eigenvalue weighted by molar-refractivity contribution is 7.98. The highest BCUT2D eigenvalue weighted by Crippen LogP contribution is 2.31. The lowest BCUT2D eigenvalue weighted by Gasteiger charge is -2.29. The number of hydrogen-bond acceptors (Lipinski definition) is 4. The molecular formula is C19H21FN2OS. The van der Waals surface area contributed by atoms with Crippen LogP contribution in [0.5, 0.6) is 5.75 Å². The summed E-state index contributed by atoms with van der Waals surface area (Å²) in [6.45, 7) is 0.789. The van der Waals surface area contributed by atoms with Gasteiger partial charge in [0.05, 0.1) is 6.10 Å². The zero-order valence-electron chi connectivity index (χ0n) is 13.6. The van der Waals surface area contributed by atoms with Crippen molar-refractivity contribution < 1.29 is 9.13 Å². The van der Waals surface area contributed by atoms with Crippen molar-refractivity contribution in [1.82, 2.24) is 4.90 Å². The highest BCUT2D eigenvalue weighted by atomic mass is 32.2. The number of rotatable bonds is 3. The van der Waals surface area contributed by atoms with Crippen LogP contribution in [-0.4, -0.2) is 29.1 Å². The third-order valence-electron chi connectivity index (χ3n) is 4.67. The molecule has 1 aromatic rings. The molecule has 2 heterocycles. The SMILES string of the molecule is FC1=CN2CCSN=C2C(c2ccc(OC3CCCCC3)cc2)=C1. The summed E-state index contributed by atoms with van der Waals surface area (Å²) in [4.78, 5) is 1.90. The van der Waals surface area contributed by atoms with Gasteiger partial charge in [0, 0.05) is 24.1 Å². The molecule has 2 aliphatic heterocycles. The Balaban J connectivity index is 1.53.